The topological polar surface area (TPSA) is 69.9 Å². The van der Waals surface area contributed by atoms with E-state index >= 15 is 0 Å². The quantitative estimate of drug-likeness (QED) is 0.567. The summed E-state index contributed by atoms with van der Waals surface area (Å²) in [6.45, 7) is 7.42. The molecule has 174 valence electrons. The second-order valence-corrected chi connectivity index (χ2v) is 10.3. The zero-order chi connectivity index (χ0) is 21.4. The number of imide groups is 1. The molecule has 3 aliphatic rings. The standard InChI is InChI=1S/C23H30N4O3S.ClH/c1-17-16-18-19(30-17)6-9-24-20(18)26-14-12-25(13-15-26)10-4-5-11-27-21(28)23(31-22(27)29)7-2-3-8-23;/h6,9,16H,2-5,7-8,10-15H2,1H3;1H. The third kappa shape index (κ3) is 4.37. The highest BCUT2D eigenvalue weighted by atomic mass is 35.5. The lowest BCUT2D eigenvalue weighted by Crippen LogP contribution is -2.47. The molecule has 2 amide bonds. The summed E-state index contributed by atoms with van der Waals surface area (Å²) in [6, 6.07) is 3.99. The largest absolute Gasteiger partial charge is 0.461 e. The molecule has 0 atom stereocenters. The second-order valence-electron chi connectivity index (χ2n) is 8.97. The Bertz CT molecular complexity index is 983. The molecular formula is C23H31ClN4O3S. The first kappa shape index (κ1) is 23.4. The number of aryl methyl sites for hydroxylation is 1. The van der Waals surface area contributed by atoms with Crippen LogP contribution in [0.15, 0.2) is 22.7 Å². The maximum absolute atomic E-state index is 12.8. The van der Waals surface area contributed by atoms with Crippen LogP contribution < -0.4 is 4.90 Å². The molecule has 2 saturated heterocycles. The summed E-state index contributed by atoms with van der Waals surface area (Å²) in [7, 11) is 0. The first-order chi connectivity index (χ1) is 15.1. The van der Waals surface area contributed by atoms with Crippen LogP contribution in [0, 0.1) is 6.92 Å². The highest BCUT2D eigenvalue weighted by molar-refractivity contribution is 8.16. The SMILES string of the molecule is Cc1cc2c(N3CCN(CCCCN4C(=O)SC5(CCCC5)C4=O)CC3)nccc2o1.Cl. The average molecular weight is 479 g/mol. The molecule has 9 heteroatoms. The van der Waals surface area contributed by atoms with Gasteiger partial charge in [-0.25, -0.2) is 4.98 Å². The molecule has 2 aromatic rings. The van der Waals surface area contributed by atoms with Crippen molar-refractivity contribution in [1.82, 2.24) is 14.8 Å². The number of unbranched alkanes of at least 4 members (excludes halogenated alkanes) is 1. The minimum atomic E-state index is -0.419. The van der Waals surface area contributed by atoms with Crippen molar-refractivity contribution in [2.45, 2.75) is 50.2 Å². The Morgan fingerprint density at radius 1 is 1.09 bits per heavy atom. The fourth-order valence-electron chi connectivity index (χ4n) is 5.17. The van der Waals surface area contributed by atoms with Crippen LogP contribution >= 0.6 is 24.2 Å². The van der Waals surface area contributed by atoms with Gasteiger partial charge in [0.05, 0.1) is 5.39 Å². The zero-order valence-corrected chi connectivity index (χ0v) is 20.2. The molecule has 1 saturated carbocycles. The first-order valence-electron chi connectivity index (χ1n) is 11.4. The smallest absolute Gasteiger partial charge is 0.289 e. The van der Waals surface area contributed by atoms with Crippen LogP contribution in [-0.4, -0.2) is 69.9 Å². The summed E-state index contributed by atoms with van der Waals surface area (Å²) < 4.78 is 5.32. The van der Waals surface area contributed by atoms with E-state index in [-0.39, 0.29) is 23.6 Å². The van der Waals surface area contributed by atoms with Crippen LogP contribution in [-0.2, 0) is 4.79 Å². The fourth-order valence-corrected chi connectivity index (χ4v) is 6.48. The number of anilines is 1. The summed E-state index contributed by atoms with van der Waals surface area (Å²) in [4.78, 5) is 36.0. The van der Waals surface area contributed by atoms with Crippen LogP contribution in [0.3, 0.4) is 0 Å². The Hall–Kier alpha value is -1.77. The van der Waals surface area contributed by atoms with Crippen LogP contribution in [0.4, 0.5) is 10.6 Å². The number of hydrogen-bond donors (Lipinski definition) is 0. The lowest BCUT2D eigenvalue weighted by molar-refractivity contribution is -0.129. The summed E-state index contributed by atoms with van der Waals surface area (Å²) in [5.41, 5.74) is 0.897. The molecule has 3 fully saturated rings. The lowest BCUT2D eigenvalue weighted by atomic mass is 10.1. The van der Waals surface area contributed by atoms with Crippen LogP contribution in [0.1, 0.15) is 44.3 Å². The van der Waals surface area contributed by atoms with Crippen molar-refractivity contribution in [2.75, 3.05) is 44.2 Å². The minimum Gasteiger partial charge on any atom is -0.461 e. The van der Waals surface area contributed by atoms with Crippen molar-refractivity contribution in [3.05, 3.63) is 24.1 Å². The molecule has 0 N–H and O–H groups in total. The monoisotopic (exact) mass is 478 g/mol. The molecule has 0 unspecified atom stereocenters. The maximum Gasteiger partial charge on any atom is 0.289 e. The molecule has 1 aliphatic carbocycles. The molecule has 0 bridgehead atoms. The van der Waals surface area contributed by atoms with E-state index < -0.39 is 4.75 Å². The van der Waals surface area contributed by atoms with E-state index in [2.05, 4.69) is 20.9 Å². The van der Waals surface area contributed by atoms with Gasteiger partial charge >= 0.3 is 0 Å². The van der Waals surface area contributed by atoms with Crippen molar-refractivity contribution in [1.29, 1.82) is 0 Å². The Kier molecular flexibility index (Phi) is 7.03. The van der Waals surface area contributed by atoms with Crippen LogP contribution in [0.5, 0.6) is 0 Å². The molecule has 4 heterocycles. The fraction of sp³-hybridized carbons (Fsp3) is 0.609. The number of furan rings is 1. The van der Waals surface area contributed by atoms with Crippen molar-refractivity contribution < 1.29 is 14.0 Å². The molecule has 2 aromatic heterocycles. The highest BCUT2D eigenvalue weighted by Gasteiger charge is 2.53. The number of hydrogen-bond acceptors (Lipinski definition) is 7. The number of thioether (sulfide) groups is 1. The summed E-state index contributed by atoms with van der Waals surface area (Å²) in [6.07, 6.45) is 7.56. The first-order valence-corrected chi connectivity index (χ1v) is 12.2. The van der Waals surface area contributed by atoms with Gasteiger partial charge in [-0.1, -0.05) is 12.8 Å². The van der Waals surface area contributed by atoms with E-state index in [1.165, 1.54) is 16.7 Å². The number of pyridine rings is 1. The van der Waals surface area contributed by atoms with Gasteiger partial charge in [-0.05, 0) is 63.0 Å². The molecule has 0 radical (unpaired) electrons. The highest BCUT2D eigenvalue weighted by Crippen LogP contribution is 2.48. The summed E-state index contributed by atoms with van der Waals surface area (Å²) in [5, 5.41) is 1.06. The van der Waals surface area contributed by atoms with Gasteiger partial charge in [-0.15, -0.1) is 12.4 Å². The Morgan fingerprint density at radius 2 is 1.81 bits per heavy atom. The summed E-state index contributed by atoms with van der Waals surface area (Å²) >= 11 is 1.29. The second kappa shape index (κ2) is 9.61. The number of halogens is 1. The molecule has 2 aliphatic heterocycles. The average Bonchev–Trinajstić information content (AvgIpc) is 3.45. The van der Waals surface area contributed by atoms with Gasteiger partial charge in [-0.2, -0.15) is 0 Å². The van der Waals surface area contributed by atoms with Crippen molar-refractivity contribution in [3.8, 4) is 0 Å². The van der Waals surface area contributed by atoms with Crippen molar-refractivity contribution in [3.63, 3.8) is 0 Å². The predicted molar refractivity (Wildman–Crippen MR) is 130 cm³/mol. The van der Waals surface area contributed by atoms with E-state index in [1.54, 1.807) is 0 Å². The number of carbonyl (C=O) groups excluding carboxylic acids is 2. The number of fused-ring (bicyclic) bond motifs is 1. The van der Waals surface area contributed by atoms with E-state index in [4.69, 9.17) is 4.42 Å². The number of rotatable bonds is 6. The molecule has 1 spiro atoms. The van der Waals surface area contributed by atoms with Crippen LogP contribution in [0.2, 0.25) is 0 Å². The van der Waals surface area contributed by atoms with Gasteiger partial charge in [0, 0.05) is 38.9 Å². The molecular weight excluding hydrogens is 448 g/mol. The molecule has 5 rings (SSSR count). The Morgan fingerprint density at radius 3 is 2.56 bits per heavy atom. The maximum atomic E-state index is 12.8. The number of amides is 2. The number of piperazine rings is 1. The van der Waals surface area contributed by atoms with Gasteiger partial charge in [0.2, 0.25) is 5.91 Å². The van der Waals surface area contributed by atoms with E-state index in [0.29, 0.717) is 6.54 Å². The number of nitrogens with zero attached hydrogens (tertiary/aromatic N) is 4. The number of carbonyl (C=O) groups is 2. The third-order valence-corrected chi connectivity index (χ3v) is 8.24. The molecule has 7 nitrogen and oxygen atoms in total. The summed E-state index contributed by atoms with van der Waals surface area (Å²) in [5.74, 6) is 2.00. The lowest BCUT2D eigenvalue weighted by Gasteiger charge is -2.35. The normalized spacial score (nSPS) is 21.2. The van der Waals surface area contributed by atoms with Gasteiger partial charge < -0.3 is 9.32 Å². The van der Waals surface area contributed by atoms with E-state index in [9.17, 15) is 9.59 Å². The number of aromatic nitrogens is 1. The Balaban J connectivity index is 0.00000245. The molecule has 0 aromatic carbocycles. The van der Waals surface area contributed by atoms with Gasteiger partial charge in [-0.3, -0.25) is 19.4 Å². The van der Waals surface area contributed by atoms with Crippen molar-refractivity contribution >= 4 is 52.1 Å². The Labute approximate surface area is 199 Å². The zero-order valence-electron chi connectivity index (χ0n) is 18.5. The molecule has 32 heavy (non-hydrogen) atoms. The van der Waals surface area contributed by atoms with Gasteiger partial charge in [0.1, 0.15) is 21.9 Å². The van der Waals surface area contributed by atoms with E-state index in [0.717, 1.165) is 93.8 Å². The van der Waals surface area contributed by atoms with Gasteiger partial charge in [0.15, 0.2) is 0 Å². The minimum absolute atomic E-state index is 0. The van der Waals surface area contributed by atoms with Crippen molar-refractivity contribution in [2.24, 2.45) is 0 Å². The van der Waals surface area contributed by atoms with E-state index in [1.807, 2.05) is 19.2 Å². The third-order valence-electron chi connectivity index (χ3n) is 6.87. The predicted octanol–water partition coefficient (Wildman–Crippen LogP) is 4.47. The van der Waals surface area contributed by atoms with Gasteiger partial charge in [0.25, 0.3) is 5.24 Å². The van der Waals surface area contributed by atoms with Crippen LogP contribution in [0.25, 0.3) is 11.0 Å².